The first-order chi connectivity index (χ1) is 15.9. The number of piperidine rings is 1. The topological polar surface area (TPSA) is 136 Å². The molecule has 1 amide bonds. The first kappa shape index (κ1) is 21.8. The zero-order valence-corrected chi connectivity index (χ0v) is 19.1. The number of fused-ring (bicyclic) bond motifs is 3. The van der Waals surface area contributed by atoms with Crippen LogP contribution in [0.5, 0.6) is 0 Å². The molecular formula is C22H27N7O3S. The number of aromatic nitrogens is 4. The number of nitrogens with one attached hydrogen (secondary N) is 1. The Hall–Kier alpha value is -3.05. The van der Waals surface area contributed by atoms with E-state index in [0.717, 1.165) is 68.0 Å². The van der Waals surface area contributed by atoms with Gasteiger partial charge in [0.1, 0.15) is 12.2 Å². The molecule has 2 aliphatic rings. The van der Waals surface area contributed by atoms with Crippen molar-refractivity contribution in [3.05, 3.63) is 36.4 Å². The predicted octanol–water partition coefficient (Wildman–Crippen LogP) is 2.06. The number of aryl methyl sites for hydroxylation is 2. The molecule has 1 saturated heterocycles. The number of imidazole rings is 1. The van der Waals surface area contributed by atoms with Gasteiger partial charge in [-0.05, 0) is 49.9 Å². The van der Waals surface area contributed by atoms with E-state index in [-0.39, 0.29) is 16.7 Å². The van der Waals surface area contributed by atoms with Gasteiger partial charge in [0, 0.05) is 31.7 Å². The van der Waals surface area contributed by atoms with Crippen molar-refractivity contribution in [2.75, 3.05) is 23.3 Å². The summed E-state index contributed by atoms with van der Waals surface area (Å²) in [6, 6.07) is 5.87. The van der Waals surface area contributed by atoms with Gasteiger partial charge in [0.05, 0.1) is 10.8 Å². The minimum absolute atomic E-state index is 0.00980. The molecule has 0 spiro atoms. The van der Waals surface area contributed by atoms with Crippen molar-refractivity contribution in [3.63, 3.8) is 0 Å². The number of carbonyl (C=O) groups excluding carboxylic acids is 1. The van der Waals surface area contributed by atoms with Gasteiger partial charge in [-0.15, -0.1) is 0 Å². The maximum atomic E-state index is 13.0. The number of benzene rings is 1. The van der Waals surface area contributed by atoms with Gasteiger partial charge in [0.15, 0.2) is 17.0 Å². The van der Waals surface area contributed by atoms with Crippen LogP contribution in [-0.2, 0) is 27.8 Å². The fourth-order valence-electron chi connectivity index (χ4n) is 4.71. The van der Waals surface area contributed by atoms with E-state index in [1.54, 1.807) is 18.5 Å². The highest BCUT2D eigenvalue weighted by atomic mass is 32.2. The second-order valence-corrected chi connectivity index (χ2v) is 10.3. The molecule has 1 atom stereocenters. The number of anilines is 2. The van der Waals surface area contributed by atoms with E-state index in [1.807, 2.05) is 0 Å². The van der Waals surface area contributed by atoms with Gasteiger partial charge in [-0.2, -0.15) is 0 Å². The lowest BCUT2D eigenvalue weighted by Crippen LogP contribution is -2.41. The van der Waals surface area contributed by atoms with Crippen LogP contribution in [0.1, 0.15) is 37.9 Å². The Bertz CT molecular complexity index is 1290. The fourth-order valence-corrected chi connectivity index (χ4v) is 5.23. The average Bonchev–Trinajstić information content (AvgIpc) is 2.99. The third-order valence-electron chi connectivity index (χ3n) is 6.42. The van der Waals surface area contributed by atoms with Gasteiger partial charge in [-0.25, -0.2) is 28.5 Å². The Balaban J connectivity index is 1.34. The highest BCUT2D eigenvalue weighted by Crippen LogP contribution is 2.29. The molecule has 1 fully saturated rings. The van der Waals surface area contributed by atoms with Crippen LogP contribution in [0.3, 0.4) is 0 Å². The molecule has 3 N–H and O–H groups in total. The molecule has 174 valence electrons. The molecule has 0 saturated carbocycles. The average molecular weight is 470 g/mol. The fraction of sp³-hybridized carbons (Fsp3) is 0.455. The molecule has 1 unspecified atom stereocenters. The summed E-state index contributed by atoms with van der Waals surface area (Å²) in [6.07, 6.45) is 7.64. The van der Waals surface area contributed by atoms with Crippen LogP contribution in [0.15, 0.2) is 35.5 Å². The van der Waals surface area contributed by atoms with Crippen molar-refractivity contribution < 1.29 is 13.2 Å². The molecule has 4 heterocycles. The third kappa shape index (κ3) is 4.42. The number of nitrogens with two attached hydrogens (primary N) is 1. The van der Waals surface area contributed by atoms with Crippen molar-refractivity contribution in [1.82, 2.24) is 19.5 Å². The molecule has 0 aliphatic carbocycles. The molecular weight excluding hydrogens is 442 g/mol. The van der Waals surface area contributed by atoms with Gasteiger partial charge in [0.25, 0.3) is 0 Å². The third-order valence-corrected chi connectivity index (χ3v) is 7.35. The molecule has 11 heteroatoms. The van der Waals surface area contributed by atoms with Crippen LogP contribution in [-0.4, -0.2) is 46.9 Å². The van der Waals surface area contributed by atoms with E-state index in [4.69, 9.17) is 10.1 Å². The maximum Gasteiger partial charge on any atom is 0.238 e. The molecule has 2 aromatic heterocycles. The summed E-state index contributed by atoms with van der Waals surface area (Å²) >= 11 is 0. The van der Waals surface area contributed by atoms with Crippen LogP contribution < -0.4 is 15.4 Å². The number of carbonyl (C=O) groups is 1. The van der Waals surface area contributed by atoms with Crippen molar-refractivity contribution in [1.29, 1.82) is 0 Å². The lowest BCUT2D eigenvalue weighted by molar-refractivity contribution is -0.120. The van der Waals surface area contributed by atoms with E-state index >= 15 is 0 Å². The number of hydrogen-bond acceptors (Lipinski definition) is 7. The number of nitrogens with zero attached hydrogens (tertiary/aromatic N) is 5. The van der Waals surface area contributed by atoms with E-state index in [1.165, 1.54) is 18.6 Å². The summed E-state index contributed by atoms with van der Waals surface area (Å²) in [5.74, 6) is 1.53. The Morgan fingerprint density at radius 1 is 1.06 bits per heavy atom. The second kappa shape index (κ2) is 8.71. The summed E-state index contributed by atoms with van der Waals surface area (Å²) in [5.41, 5.74) is 2.22. The van der Waals surface area contributed by atoms with Crippen molar-refractivity contribution >= 4 is 38.6 Å². The van der Waals surface area contributed by atoms with Gasteiger partial charge < -0.3 is 14.8 Å². The first-order valence-electron chi connectivity index (χ1n) is 11.3. The van der Waals surface area contributed by atoms with Gasteiger partial charge in [-0.3, -0.25) is 4.79 Å². The number of hydrogen-bond donors (Lipinski definition) is 2. The normalized spacial score (nSPS) is 19.2. The number of primary sulfonamides is 1. The minimum Gasteiger partial charge on any atom is -0.354 e. The van der Waals surface area contributed by atoms with Gasteiger partial charge >= 0.3 is 0 Å². The van der Waals surface area contributed by atoms with Crippen LogP contribution in [0.2, 0.25) is 0 Å². The van der Waals surface area contributed by atoms with Crippen LogP contribution in [0.4, 0.5) is 11.5 Å². The lowest BCUT2D eigenvalue weighted by Gasteiger charge is -2.32. The number of rotatable bonds is 4. The van der Waals surface area contributed by atoms with E-state index in [2.05, 4.69) is 24.8 Å². The molecule has 3 aromatic rings. The maximum absolute atomic E-state index is 13.0. The summed E-state index contributed by atoms with van der Waals surface area (Å²) in [6.45, 7) is 2.27. The van der Waals surface area contributed by atoms with Crippen molar-refractivity contribution in [3.8, 4) is 0 Å². The summed E-state index contributed by atoms with van der Waals surface area (Å²) in [5, 5.41) is 8.03. The minimum atomic E-state index is -3.77. The van der Waals surface area contributed by atoms with Crippen LogP contribution in [0.25, 0.3) is 11.2 Å². The largest absolute Gasteiger partial charge is 0.354 e. The lowest BCUT2D eigenvalue weighted by atomic mass is 9.97. The predicted molar refractivity (Wildman–Crippen MR) is 124 cm³/mol. The summed E-state index contributed by atoms with van der Waals surface area (Å²) in [4.78, 5) is 29.1. The molecule has 0 bridgehead atoms. The van der Waals surface area contributed by atoms with E-state index in [9.17, 15) is 13.2 Å². The standard InChI is InChI=1S/C22H27N7O3S/c23-33(31,32)17-9-7-16(8-10-17)26-22(30)15-5-4-11-28(13-15)20-19-21(25-14-24-20)29-12-3-1-2-6-18(29)27-19/h7-10,14-15H,1-6,11-13H2,(H,26,30)(H2,23,31,32). The SMILES string of the molecule is NS(=O)(=O)c1ccc(NC(=O)C2CCCN(c3ncnc4c3nc3n4CCCCC3)C2)cc1. The van der Waals surface area contributed by atoms with E-state index in [0.29, 0.717) is 12.2 Å². The monoisotopic (exact) mass is 469 g/mol. The van der Waals surface area contributed by atoms with Crippen molar-refractivity contribution in [2.45, 2.75) is 50.0 Å². The molecule has 5 rings (SSSR count). The quantitative estimate of drug-likeness (QED) is 0.597. The van der Waals surface area contributed by atoms with Crippen LogP contribution in [0, 0.1) is 5.92 Å². The second-order valence-electron chi connectivity index (χ2n) is 8.70. The zero-order chi connectivity index (χ0) is 23.0. The number of sulfonamides is 1. The van der Waals surface area contributed by atoms with Crippen molar-refractivity contribution in [2.24, 2.45) is 11.1 Å². The Kier molecular flexibility index (Phi) is 5.75. The summed E-state index contributed by atoms with van der Waals surface area (Å²) < 4.78 is 25.1. The van der Waals surface area contributed by atoms with E-state index < -0.39 is 10.0 Å². The Morgan fingerprint density at radius 3 is 2.67 bits per heavy atom. The first-order valence-corrected chi connectivity index (χ1v) is 12.8. The zero-order valence-electron chi connectivity index (χ0n) is 18.3. The van der Waals surface area contributed by atoms with Gasteiger partial charge in [0.2, 0.25) is 15.9 Å². The molecule has 1 aromatic carbocycles. The molecule has 10 nitrogen and oxygen atoms in total. The summed E-state index contributed by atoms with van der Waals surface area (Å²) in [7, 11) is -3.77. The van der Waals surface area contributed by atoms with Crippen LogP contribution >= 0.6 is 0 Å². The number of amides is 1. The highest BCUT2D eigenvalue weighted by Gasteiger charge is 2.29. The molecule has 2 aliphatic heterocycles. The Morgan fingerprint density at radius 2 is 1.88 bits per heavy atom. The highest BCUT2D eigenvalue weighted by molar-refractivity contribution is 7.89. The molecule has 0 radical (unpaired) electrons. The smallest absolute Gasteiger partial charge is 0.238 e. The Labute approximate surface area is 192 Å². The molecule has 33 heavy (non-hydrogen) atoms. The van der Waals surface area contributed by atoms with Gasteiger partial charge in [-0.1, -0.05) is 6.42 Å².